The fourth-order valence-electron chi connectivity index (χ4n) is 1.60. The maximum absolute atomic E-state index is 12.0. The average molecular weight is 241 g/mol. The lowest BCUT2D eigenvalue weighted by Crippen LogP contribution is -2.13. The minimum absolute atomic E-state index is 0.131. The number of pyridine rings is 1. The van der Waals surface area contributed by atoms with Crippen LogP contribution in [0.1, 0.15) is 16.1 Å². The van der Waals surface area contributed by atoms with E-state index in [9.17, 15) is 4.79 Å². The van der Waals surface area contributed by atoms with E-state index in [1.54, 1.807) is 24.4 Å². The number of carbonyl (C=O) groups is 1. The van der Waals surface area contributed by atoms with E-state index < -0.39 is 0 Å². The van der Waals surface area contributed by atoms with E-state index in [0.717, 1.165) is 17.1 Å². The van der Waals surface area contributed by atoms with Gasteiger partial charge in [-0.05, 0) is 43.3 Å². The molecule has 2 N–H and O–H groups in total. The molecule has 0 aliphatic heterocycles. The Bertz CT molecular complexity index is 549. The molecule has 0 atom stereocenters. The second kappa shape index (κ2) is 5.31. The first-order valence-corrected chi connectivity index (χ1v) is 5.71. The smallest absolute Gasteiger partial charge is 0.255 e. The van der Waals surface area contributed by atoms with Gasteiger partial charge in [-0.3, -0.25) is 9.78 Å². The van der Waals surface area contributed by atoms with Crippen molar-refractivity contribution < 1.29 is 4.79 Å². The van der Waals surface area contributed by atoms with E-state index in [-0.39, 0.29) is 5.91 Å². The van der Waals surface area contributed by atoms with Gasteiger partial charge >= 0.3 is 0 Å². The van der Waals surface area contributed by atoms with Crippen molar-refractivity contribution in [1.29, 1.82) is 0 Å². The van der Waals surface area contributed by atoms with E-state index in [0.29, 0.717) is 5.56 Å². The topological polar surface area (TPSA) is 54.0 Å². The van der Waals surface area contributed by atoms with Crippen molar-refractivity contribution in [3.05, 3.63) is 53.9 Å². The van der Waals surface area contributed by atoms with Crippen LogP contribution in [0.25, 0.3) is 0 Å². The monoisotopic (exact) mass is 241 g/mol. The number of amides is 1. The number of hydrogen-bond acceptors (Lipinski definition) is 3. The van der Waals surface area contributed by atoms with Gasteiger partial charge in [0.15, 0.2) is 0 Å². The van der Waals surface area contributed by atoms with Crippen molar-refractivity contribution in [2.45, 2.75) is 6.92 Å². The Labute approximate surface area is 106 Å². The molecule has 18 heavy (non-hydrogen) atoms. The summed E-state index contributed by atoms with van der Waals surface area (Å²) in [4.78, 5) is 16.1. The van der Waals surface area contributed by atoms with Crippen LogP contribution in [-0.4, -0.2) is 17.9 Å². The van der Waals surface area contributed by atoms with Crippen molar-refractivity contribution >= 4 is 17.3 Å². The highest BCUT2D eigenvalue weighted by Gasteiger charge is 2.07. The summed E-state index contributed by atoms with van der Waals surface area (Å²) in [6.45, 7) is 1.86. The second-order valence-electron chi connectivity index (χ2n) is 3.92. The van der Waals surface area contributed by atoms with Crippen LogP contribution in [0.4, 0.5) is 11.4 Å². The first-order valence-electron chi connectivity index (χ1n) is 5.71. The Balaban J connectivity index is 2.14. The molecule has 0 saturated heterocycles. The molecule has 0 aliphatic carbocycles. The molecule has 4 nitrogen and oxygen atoms in total. The predicted octanol–water partition coefficient (Wildman–Crippen LogP) is 2.68. The molecule has 0 fully saturated rings. The van der Waals surface area contributed by atoms with Crippen molar-refractivity contribution in [2.24, 2.45) is 0 Å². The molecule has 2 aromatic rings. The lowest BCUT2D eigenvalue weighted by atomic mass is 10.2. The van der Waals surface area contributed by atoms with Gasteiger partial charge in [0.05, 0.1) is 11.4 Å². The lowest BCUT2D eigenvalue weighted by molar-refractivity contribution is 0.102. The molecule has 1 heterocycles. The Hall–Kier alpha value is -2.36. The minimum atomic E-state index is -0.131. The number of benzene rings is 1. The number of anilines is 2. The van der Waals surface area contributed by atoms with Gasteiger partial charge in [-0.1, -0.05) is 0 Å². The number of carbonyl (C=O) groups excluding carboxylic acids is 1. The van der Waals surface area contributed by atoms with E-state index >= 15 is 0 Å². The van der Waals surface area contributed by atoms with Gasteiger partial charge in [0.25, 0.3) is 5.91 Å². The maximum Gasteiger partial charge on any atom is 0.255 e. The molecule has 0 aliphatic rings. The number of nitrogens with zero attached hydrogens (tertiary/aromatic N) is 1. The van der Waals surface area contributed by atoms with Crippen molar-refractivity contribution in [2.75, 3.05) is 17.7 Å². The molecule has 0 spiro atoms. The van der Waals surface area contributed by atoms with E-state index in [1.807, 2.05) is 32.2 Å². The van der Waals surface area contributed by atoms with Gasteiger partial charge in [-0.2, -0.15) is 0 Å². The molecule has 0 radical (unpaired) electrons. The van der Waals surface area contributed by atoms with Crippen LogP contribution in [-0.2, 0) is 0 Å². The summed E-state index contributed by atoms with van der Waals surface area (Å²) < 4.78 is 0. The van der Waals surface area contributed by atoms with Crippen LogP contribution in [0, 0.1) is 6.92 Å². The summed E-state index contributed by atoms with van der Waals surface area (Å²) in [5, 5.41) is 5.85. The molecule has 1 amide bonds. The first kappa shape index (κ1) is 12.1. The zero-order valence-electron chi connectivity index (χ0n) is 10.4. The standard InChI is InChI=1S/C14H15N3O/c1-10-13(4-3-9-16-10)17-14(18)11-5-7-12(15-2)8-6-11/h3-9,15H,1-2H3,(H,17,18). The molecule has 1 aromatic heterocycles. The quantitative estimate of drug-likeness (QED) is 0.868. The fourth-order valence-corrected chi connectivity index (χ4v) is 1.60. The fraction of sp³-hybridized carbons (Fsp3) is 0.143. The Kier molecular flexibility index (Phi) is 3.57. The summed E-state index contributed by atoms with van der Waals surface area (Å²) in [5.74, 6) is -0.131. The molecule has 2 rings (SSSR count). The molecule has 0 bridgehead atoms. The first-order chi connectivity index (χ1) is 8.70. The third kappa shape index (κ3) is 2.66. The number of nitrogens with one attached hydrogen (secondary N) is 2. The molecule has 0 saturated carbocycles. The summed E-state index contributed by atoms with van der Waals surface area (Å²) >= 11 is 0. The third-order valence-electron chi connectivity index (χ3n) is 2.69. The van der Waals surface area contributed by atoms with Crippen molar-refractivity contribution in [1.82, 2.24) is 4.98 Å². The van der Waals surface area contributed by atoms with Crippen LogP contribution < -0.4 is 10.6 Å². The Morgan fingerprint density at radius 1 is 1.17 bits per heavy atom. The number of hydrogen-bond donors (Lipinski definition) is 2. The largest absolute Gasteiger partial charge is 0.388 e. The summed E-state index contributed by atoms with van der Waals surface area (Å²) in [6.07, 6.45) is 1.70. The van der Waals surface area contributed by atoms with Crippen LogP contribution in [0.3, 0.4) is 0 Å². The summed E-state index contributed by atoms with van der Waals surface area (Å²) in [5.41, 5.74) is 3.14. The Morgan fingerprint density at radius 2 is 1.89 bits per heavy atom. The number of aromatic nitrogens is 1. The number of rotatable bonds is 3. The minimum Gasteiger partial charge on any atom is -0.388 e. The van der Waals surface area contributed by atoms with Gasteiger partial charge in [0.1, 0.15) is 0 Å². The van der Waals surface area contributed by atoms with E-state index in [4.69, 9.17) is 0 Å². The zero-order valence-corrected chi connectivity index (χ0v) is 10.4. The average Bonchev–Trinajstić information content (AvgIpc) is 2.41. The van der Waals surface area contributed by atoms with Gasteiger partial charge < -0.3 is 10.6 Å². The maximum atomic E-state index is 12.0. The van der Waals surface area contributed by atoms with Crippen molar-refractivity contribution in [3.63, 3.8) is 0 Å². The van der Waals surface area contributed by atoms with E-state index in [1.165, 1.54) is 0 Å². The highest BCUT2D eigenvalue weighted by molar-refractivity contribution is 6.04. The number of aryl methyl sites for hydroxylation is 1. The SMILES string of the molecule is CNc1ccc(C(=O)Nc2cccnc2C)cc1. The summed E-state index contributed by atoms with van der Waals surface area (Å²) in [7, 11) is 1.84. The van der Waals surface area contributed by atoms with Gasteiger partial charge in [0, 0.05) is 24.5 Å². The Morgan fingerprint density at radius 3 is 2.50 bits per heavy atom. The van der Waals surface area contributed by atoms with Crippen molar-refractivity contribution in [3.8, 4) is 0 Å². The predicted molar refractivity (Wildman–Crippen MR) is 72.9 cm³/mol. The normalized spacial score (nSPS) is 9.89. The zero-order chi connectivity index (χ0) is 13.0. The molecule has 0 unspecified atom stereocenters. The van der Waals surface area contributed by atoms with Gasteiger partial charge in [0.2, 0.25) is 0 Å². The van der Waals surface area contributed by atoms with Gasteiger partial charge in [-0.25, -0.2) is 0 Å². The van der Waals surface area contributed by atoms with Crippen LogP contribution >= 0.6 is 0 Å². The second-order valence-corrected chi connectivity index (χ2v) is 3.92. The molecular weight excluding hydrogens is 226 g/mol. The third-order valence-corrected chi connectivity index (χ3v) is 2.69. The molecular formula is C14H15N3O. The van der Waals surface area contributed by atoms with Gasteiger partial charge in [-0.15, -0.1) is 0 Å². The molecule has 4 heteroatoms. The summed E-state index contributed by atoms with van der Waals surface area (Å²) in [6, 6.07) is 10.9. The lowest BCUT2D eigenvalue weighted by Gasteiger charge is -2.07. The van der Waals surface area contributed by atoms with Crippen LogP contribution in [0.5, 0.6) is 0 Å². The molecule has 92 valence electrons. The van der Waals surface area contributed by atoms with Crippen LogP contribution in [0.15, 0.2) is 42.6 Å². The highest BCUT2D eigenvalue weighted by Crippen LogP contribution is 2.14. The van der Waals surface area contributed by atoms with E-state index in [2.05, 4.69) is 15.6 Å². The van der Waals surface area contributed by atoms with Crippen LogP contribution in [0.2, 0.25) is 0 Å². The molecule has 1 aromatic carbocycles. The highest BCUT2D eigenvalue weighted by atomic mass is 16.1.